The number of hydrogen-bond donors (Lipinski definition) is 1. The van der Waals surface area contributed by atoms with Gasteiger partial charge >= 0.3 is 0 Å². The van der Waals surface area contributed by atoms with E-state index in [4.69, 9.17) is 28.4 Å². The van der Waals surface area contributed by atoms with Gasteiger partial charge in [-0.3, -0.25) is 0 Å². The molecule has 0 spiro atoms. The van der Waals surface area contributed by atoms with Crippen LogP contribution in [0.2, 0.25) is 0 Å². The molecule has 1 aromatic rings. The van der Waals surface area contributed by atoms with Gasteiger partial charge in [0.15, 0.2) is 17.4 Å². The summed E-state index contributed by atoms with van der Waals surface area (Å²) in [6.45, 7) is 8.26. The zero-order chi connectivity index (χ0) is 29.1. The molecule has 5 aliphatic rings. The van der Waals surface area contributed by atoms with Crippen molar-refractivity contribution in [3.8, 4) is 0 Å². The van der Waals surface area contributed by atoms with Crippen molar-refractivity contribution >= 4 is 0 Å². The number of fused-ring (bicyclic) bond motifs is 4. The maximum Gasteiger partial charge on any atom is 0.192 e. The molecule has 228 valence electrons. The molecule has 1 aromatic carbocycles. The van der Waals surface area contributed by atoms with Crippen molar-refractivity contribution in [1.82, 2.24) is 0 Å². The number of hydrogen-bond acceptors (Lipinski definition) is 7. The molecule has 1 aliphatic heterocycles. The van der Waals surface area contributed by atoms with E-state index in [9.17, 15) is 5.11 Å². The molecule has 6 atom stereocenters. The molecule has 7 heteroatoms. The van der Waals surface area contributed by atoms with Crippen LogP contribution >= 0.6 is 0 Å². The van der Waals surface area contributed by atoms with Gasteiger partial charge in [-0.2, -0.15) is 0 Å². The molecule has 0 unspecified atom stereocenters. The topological polar surface area (TPSA) is 75.6 Å². The summed E-state index contributed by atoms with van der Waals surface area (Å²) >= 11 is 0. The van der Waals surface area contributed by atoms with Gasteiger partial charge in [0.1, 0.15) is 0 Å². The van der Waals surface area contributed by atoms with Gasteiger partial charge in [0.25, 0.3) is 0 Å². The summed E-state index contributed by atoms with van der Waals surface area (Å²) < 4.78 is 36.7. The first-order chi connectivity index (χ1) is 19.7. The third-order valence-corrected chi connectivity index (χ3v) is 11.9. The van der Waals surface area contributed by atoms with Crippen molar-refractivity contribution < 1.29 is 33.5 Å². The molecule has 1 saturated heterocycles. The molecule has 4 fully saturated rings. The molecule has 0 aromatic heterocycles. The van der Waals surface area contributed by atoms with Crippen molar-refractivity contribution in [3.05, 3.63) is 46.5 Å². The Labute approximate surface area is 245 Å². The highest BCUT2D eigenvalue weighted by atomic mass is 16.7. The van der Waals surface area contributed by atoms with Crippen LogP contribution in [0.3, 0.4) is 0 Å². The minimum absolute atomic E-state index is 0.105. The lowest BCUT2D eigenvalue weighted by molar-refractivity contribution is -0.289. The maximum atomic E-state index is 12.3. The summed E-state index contributed by atoms with van der Waals surface area (Å²) in [5, 5.41) is 12.3. The van der Waals surface area contributed by atoms with E-state index >= 15 is 0 Å². The third-order valence-electron chi connectivity index (χ3n) is 11.9. The Morgan fingerprint density at radius 3 is 2.24 bits per heavy atom. The van der Waals surface area contributed by atoms with Crippen LogP contribution < -0.4 is 0 Å². The van der Waals surface area contributed by atoms with E-state index in [2.05, 4.69) is 38.1 Å². The van der Waals surface area contributed by atoms with Crippen LogP contribution in [0.4, 0.5) is 0 Å². The van der Waals surface area contributed by atoms with E-state index < -0.39 is 23.0 Å². The standard InChI is InChI=1S/C34H50O7/c1-7-31-21-26(23-9-11-24(12-10-23)30(3)40-19-20-41-30)29-25(27(31)15-18-34(31,38-6)39-8-2)13-16-32(35)22-33(36-4,37-5)17-14-28(29)32/h9-12,25-27,35H,7-8,13-22H2,1-6H3/t25-,26+,27-,31-,32+,34+/m0/s1. The maximum absolute atomic E-state index is 12.3. The molecule has 0 bridgehead atoms. The average Bonchev–Trinajstić information content (AvgIpc) is 3.59. The highest BCUT2D eigenvalue weighted by molar-refractivity contribution is 5.44. The summed E-state index contributed by atoms with van der Waals surface area (Å²) in [5.41, 5.74) is 3.99. The molecule has 41 heavy (non-hydrogen) atoms. The van der Waals surface area contributed by atoms with Crippen molar-refractivity contribution in [3.63, 3.8) is 0 Å². The summed E-state index contributed by atoms with van der Waals surface area (Å²) in [7, 11) is 5.24. The summed E-state index contributed by atoms with van der Waals surface area (Å²) in [6, 6.07) is 8.87. The lowest BCUT2D eigenvalue weighted by Crippen LogP contribution is -2.57. The van der Waals surface area contributed by atoms with Gasteiger partial charge in [0, 0.05) is 64.1 Å². The zero-order valence-electron chi connectivity index (χ0n) is 25.9. The highest BCUT2D eigenvalue weighted by Crippen LogP contribution is 2.70. The lowest BCUT2D eigenvalue weighted by Gasteiger charge is -2.59. The molecule has 4 aliphatic carbocycles. The highest BCUT2D eigenvalue weighted by Gasteiger charge is 2.67. The van der Waals surface area contributed by atoms with E-state index in [0.717, 1.165) is 56.9 Å². The van der Waals surface area contributed by atoms with Gasteiger partial charge in [-0.05, 0) is 75.3 Å². The largest absolute Gasteiger partial charge is 0.385 e. The van der Waals surface area contributed by atoms with Crippen LogP contribution in [0, 0.1) is 17.3 Å². The molecule has 0 radical (unpaired) electrons. The zero-order valence-corrected chi connectivity index (χ0v) is 25.9. The Hall–Kier alpha value is -1.32. The van der Waals surface area contributed by atoms with Gasteiger partial charge < -0.3 is 33.5 Å². The summed E-state index contributed by atoms with van der Waals surface area (Å²) in [5.74, 6) is -1.02. The van der Waals surface area contributed by atoms with E-state index in [0.29, 0.717) is 38.1 Å². The van der Waals surface area contributed by atoms with Gasteiger partial charge in [-0.15, -0.1) is 0 Å². The number of rotatable bonds is 8. The van der Waals surface area contributed by atoms with Crippen LogP contribution in [-0.4, -0.2) is 63.4 Å². The van der Waals surface area contributed by atoms with Crippen LogP contribution in [-0.2, 0) is 34.2 Å². The first-order valence-corrected chi connectivity index (χ1v) is 15.8. The van der Waals surface area contributed by atoms with Gasteiger partial charge in [0.05, 0.1) is 18.8 Å². The minimum Gasteiger partial charge on any atom is -0.385 e. The molecule has 0 amide bonds. The fourth-order valence-corrected chi connectivity index (χ4v) is 9.94. The number of methoxy groups -OCH3 is 3. The van der Waals surface area contributed by atoms with Crippen LogP contribution in [0.15, 0.2) is 35.4 Å². The SMILES string of the molecule is CCO[C@]1(OC)CC[C@H]2[C@@H]3CC[C@@]4(O)CC(OC)(OC)CCC4=C3[C@@H](c3ccc(C4(C)OCCO4)cc3)C[C@@]21CC. The number of allylic oxidation sites excluding steroid dienone is 1. The smallest absolute Gasteiger partial charge is 0.192 e. The van der Waals surface area contributed by atoms with Crippen LogP contribution in [0.25, 0.3) is 0 Å². The van der Waals surface area contributed by atoms with Crippen molar-refractivity contribution in [1.29, 1.82) is 0 Å². The Morgan fingerprint density at radius 1 is 0.927 bits per heavy atom. The van der Waals surface area contributed by atoms with E-state index in [1.165, 1.54) is 16.7 Å². The van der Waals surface area contributed by atoms with Crippen molar-refractivity contribution in [2.75, 3.05) is 41.2 Å². The molecular formula is C34H50O7. The first kappa shape index (κ1) is 29.7. The second-order valence-electron chi connectivity index (χ2n) is 13.2. The van der Waals surface area contributed by atoms with Crippen molar-refractivity contribution in [2.45, 2.75) is 107 Å². The first-order valence-electron chi connectivity index (χ1n) is 15.8. The number of benzene rings is 1. The minimum atomic E-state index is -0.920. The Morgan fingerprint density at radius 2 is 1.63 bits per heavy atom. The average molecular weight is 571 g/mol. The molecule has 7 nitrogen and oxygen atoms in total. The Kier molecular flexibility index (Phi) is 7.75. The fourth-order valence-electron chi connectivity index (χ4n) is 9.94. The van der Waals surface area contributed by atoms with E-state index in [1.54, 1.807) is 14.2 Å². The second-order valence-corrected chi connectivity index (χ2v) is 13.2. The number of aliphatic hydroxyl groups is 1. The molecular weight excluding hydrogens is 520 g/mol. The second kappa shape index (κ2) is 10.7. The predicted molar refractivity (Wildman–Crippen MR) is 155 cm³/mol. The van der Waals surface area contributed by atoms with Crippen LogP contribution in [0.1, 0.15) is 95.6 Å². The molecule has 1 heterocycles. The third kappa shape index (κ3) is 4.33. The predicted octanol–water partition coefficient (Wildman–Crippen LogP) is 6.19. The number of ether oxygens (including phenoxy) is 6. The van der Waals surface area contributed by atoms with E-state index in [1.807, 2.05) is 14.0 Å². The summed E-state index contributed by atoms with van der Waals surface area (Å²) in [4.78, 5) is 0. The molecule has 1 N–H and O–H groups in total. The molecule has 6 rings (SSSR count). The fraction of sp³-hybridized carbons (Fsp3) is 0.765. The van der Waals surface area contributed by atoms with E-state index in [-0.39, 0.29) is 11.3 Å². The van der Waals surface area contributed by atoms with Crippen LogP contribution in [0.5, 0.6) is 0 Å². The normalized spacial score (nSPS) is 39.3. The van der Waals surface area contributed by atoms with Gasteiger partial charge in [-0.1, -0.05) is 36.8 Å². The molecule has 3 saturated carbocycles. The van der Waals surface area contributed by atoms with Gasteiger partial charge in [0.2, 0.25) is 0 Å². The Balaban J connectivity index is 1.48. The monoisotopic (exact) mass is 570 g/mol. The van der Waals surface area contributed by atoms with Gasteiger partial charge in [-0.25, -0.2) is 0 Å². The Bertz CT molecular complexity index is 1140. The quantitative estimate of drug-likeness (QED) is 0.295. The summed E-state index contributed by atoms with van der Waals surface area (Å²) in [6.07, 6.45) is 7.62. The van der Waals surface area contributed by atoms with Crippen molar-refractivity contribution in [2.24, 2.45) is 17.3 Å². The lowest BCUT2D eigenvalue weighted by atomic mass is 9.49.